The molecule has 0 atom stereocenters. The van der Waals surface area contributed by atoms with Crippen molar-refractivity contribution in [3.63, 3.8) is 0 Å². The van der Waals surface area contributed by atoms with Gasteiger partial charge in [0.2, 0.25) is 5.95 Å². The van der Waals surface area contributed by atoms with Gasteiger partial charge in [0.15, 0.2) is 5.76 Å². The molecule has 1 fully saturated rings. The number of hydrogen-bond donors (Lipinski definition) is 0. The van der Waals surface area contributed by atoms with Gasteiger partial charge < -0.3 is 14.2 Å². The predicted molar refractivity (Wildman–Crippen MR) is 111 cm³/mol. The van der Waals surface area contributed by atoms with Gasteiger partial charge in [-0.25, -0.2) is 4.98 Å². The molecule has 28 heavy (non-hydrogen) atoms. The quantitative estimate of drug-likeness (QED) is 0.520. The van der Waals surface area contributed by atoms with Crippen LogP contribution in [0.5, 0.6) is 0 Å². The second kappa shape index (κ2) is 7.13. The summed E-state index contributed by atoms with van der Waals surface area (Å²) in [6, 6.07) is 17.8. The van der Waals surface area contributed by atoms with E-state index in [1.807, 2.05) is 48.5 Å². The Balaban J connectivity index is 1.35. The largest absolute Gasteiger partial charge is 0.454 e. The van der Waals surface area contributed by atoms with Crippen LogP contribution in [0.15, 0.2) is 65.2 Å². The lowest BCUT2D eigenvalue weighted by Crippen LogP contribution is -2.47. The third kappa shape index (κ3) is 3.16. The van der Waals surface area contributed by atoms with Crippen LogP contribution in [0.3, 0.4) is 0 Å². The molecule has 140 valence electrons. The Bertz CT molecular complexity index is 1090. The molecule has 7 heteroatoms. The Kier molecular flexibility index (Phi) is 4.33. The van der Waals surface area contributed by atoms with E-state index in [-0.39, 0.29) is 0 Å². The average molecular weight is 392 g/mol. The molecule has 1 aliphatic heterocycles. The van der Waals surface area contributed by atoms with E-state index in [9.17, 15) is 0 Å². The highest BCUT2D eigenvalue weighted by molar-refractivity contribution is 6.33. The molecule has 0 N–H and O–H groups in total. The van der Waals surface area contributed by atoms with E-state index in [1.54, 1.807) is 6.20 Å². The van der Waals surface area contributed by atoms with Crippen molar-refractivity contribution in [3.05, 3.63) is 65.8 Å². The van der Waals surface area contributed by atoms with Crippen LogP contribution in [0.1, 0.15) is 0 Å². The smallest absolute Gasteiger partial charge is 0.246 e. The second-order valence-electron chi connectivity index (χ2n) is 6.72. The summed E-state index contributed by atoms with van der Waals surface area (Å²) in [4.78, 5) is 9.12. The predicted octanol–water partition coefficient (Wildman–Crippen LogP) is 4.26. The molecule has 0 aliphatic carbocycles. The van der Waals surface area contributed by atoms with Crippen molar-refractivity contribution in [2.24, 2.45) is 0 Å². The number of aromatic nitrogens is 3. The van der Waals surface area contributed by atoms with Gasteiger partial charge in [0.05, 0.1) is 16.9 Å². The van der Waals surface area contributed by atoms with Gasteiger partial charge in [-0.2, -0.15) is 5.10 Å². The third-order valence-corrected chi connectivity index (χ3v) is 5.30. The van der Waals surface area contributed by atoms with Crippen molar-refractivity contribution in [1.82, 2.24) is 15.2 Å². The molecule has 0 saturated carbocycles. The lowest BCUT2D eigenvalue weighted by atomic mass is 10.2. The summed E-state index contributed by atoms with van der Waals surface area (Å²) in [6.45, 7) is 3.30. The minimum Gasteiger partial charge on any atom is -0.454 e. The second-order valence-corrected chi connectivity index (χ2v) is 7.12. The fourth-order valence-electron chi connectivity index (χ4n) is 3.51. The molecule has 2 aromatic carbocycles. The van der Waals surface area contributed by atoms with Crippen molar-refractivity contribution >= 4 is 34.2 Å². The van der Waals surface area contributed by atoms with Crippen LogP contribution >= 0.6 is 11.6 Å². The normalized spacial score (nSPS) is 14.6. The standard InChI is InChI=1S/C21H18ClN5O/c22-16-6-2-3-7-18(16)26-9-11-27(12-10-26)21-24-17(14-23-25-21)20-13-15-5-1-4-8-19(15)28-20/h1-8,13-14H,9-12H2. The van der Waals surface area contributed by atoms with E-state index in [0.29, 0.717) is 17.4 Å². The zero-order valence-electron chi connectivity index (χ0n) is 15.1. The maximum Gasteiger partial charge on any atom is 0.246 e. The van der Waals surface area contributed by atoms with Crippen LogP contribution in [0.2, 0.25) is 5.02 Å². The molecule has 0 spiro atoms. The fraction of sp³-hybridized carbons (Fsp3) is 0.190. The van der Waals surface area contributed by atoms with E-state index in [1.165, 1.54) is 0 Å². The summed E-state index contributed by atoms with van der Waals surface area (Å²) in [6.07, 6.45) is 1.64. The van der Waals surface area contributed by atoms with Crippen LogP contribution in [-0.2, 0) is 0 Å². The van der Waals surface area contributed by atoms with E-state index < -0.39 is 0 Å². The highest BCUT2D eigenvalue weighted by atomic mass is 35.5. The average Bonchev–Trinajstić information content (AvgIpc) is 3.19. The number of anilines is 2. The summed E-state index contributed by atoms with van der Waals surface area (Å²) in [5.74, 6) is 1.32. The number of benzene rings is 2. The van der Waals surface area contributed by atoms with Crippen molar-refractivity contribution in [2.45, 2.75) is 0 Å². The highest BCUT2D eigenvalue weighted by Gasteiger charge is 2.21. The molecule has 3 heterocycles. The Labute approximate surface area is 167 Å². The van der Waals surface area contributed by atoms with Gasteiger partial charge in [-0.3, -0.25) is 0 Å². The number of furan rings is 1. The first-order valence-corrected chi connectivity index (χ1v) is 9.59. The Hall–Kier alpha value is -3.12. The van der Waals surface area contributed by atoms with Crippen LogP contribution in [0.25, 0.3) is 22.4 Å². The van der Waals surface area contributed by atoms with Crippen LogP contribution in [-0.4, -0.2) is 41.4 Å². The van der Waals surface area contributed by atoms with Crippen LogP contribution in [0.4, 0.5) is 11.6 Å². The molecule has 2 aromatic heterocycles. The lowest BCUT2D eigenvalue weighted by Gasteiger charge is -2.36. The molecule has 5 rings (SSSR count). The lowest BCUT2D eigenvalue weighted by molar-refractivity contribution is 0.620. The van der Waals surface area contributed by atoms with E-state index in [0.717, 1.165) is 47.9 Å². The van der Waals surface area contributed by atoms with E-state index in [2.05, 4.69) is 26.1 Å². The van der Waals surface area contributed by atoms with Gasteiger partial charge in [-0.15, -0.1) is 5.10 Å². The molecule has 0 bridgehead atoms. The van der Waals surface area contributed by atoms with E-state index >= 15 is 0 Å². The molecule has 1 saturated heterocycles. The molecule has 4 aromatic rings. The Morgan fingerprint density at radius 3 is 2.46 bits per heavy atom. The molecule has 6 nitrogen and oxygen atoms in total. The van der Waals surface area contributed by atoms with Crippen molar-refractivity contribution < 1.29 is 4.42 Å². The SMILES string of the molecule is Clc1ccccc1N1CCN(c2nncc(-c3cc4ccccc4o3)n2)CC1. The number of piperazine rings is 1. The van der Waals surface area contributed by atoms with Crippen LogP contribution < -0.4 is 9.80 Å². The first-order chi connectivity index (χ1) is 13.8. The van der Waals surface area contributed by atoms with Crippen molar-refractivity contribution in [1.29, 1.82) is 0 Å². The van der Waals surface area contributed by atoms with Gasteiger partial charge in [0.1, 0.15) is 11.3 Å². The number of nitrogens with zero attached hydrogens (tertiary/aromatic N) is 5. The number of hydrogen-bond acceptors (Lipinski definition) is 6. The number of para-hydroxylation sites is 2. The summed E-state index contributed by atoms with van der Waals surface area (Å²) in [5, 5.41) is 10.2. The number of fused-ring (bicyclic) bond motifs is 1. The molecule has 0 unspecified atom stereocenters. The molecular formula is C21H18ClN5O. The first-order valence-electron chi connectivity index (χ1n) is 9.21. The van der Waals surface area contributed by atoms with Gasteiger partial charge >= 0.3 is 0 Å². The number of halogens is 1. The fourth-order valence-corrected chi connectivity index (χ4v) is 3.77. The van der Waals surface area contributed by atoms with Crippen molar-refractivity contribution in [2.75, 3.05) is 36.0 Å². The molecule has 1 aliphatic rings. The monoisotopic (exact) mass is 391 g/mol. The van der Waals surface area contributed by atoms with Gasteiger partial charge in [0, 0.05) is 31.6 Å². The first kappa shape index (κ1) is 17.0. The number of rotatable bonds is 3. The summed E-state index contributed by atoms with van der Waals surface area (Å²) in [7, 11) is 0. The zero-order chi connectivity index (χ0) is 18.9. The molecule has 0 radical (unpaired) electrons. The highest BCUT2D eigenvalue weighted by Crippen LogP contribution is 2.28. The van der Waals surface area contributed by atoms with Gasteiger partial charge in [0.25, 0.3) is 0 Å². The summed E-state index contributed by atoms with van der Waals surface area (Å²) < 4.78 is 5.91. The minimum atomic E-state index is 0.622. The summed E-state index contributed by atoms with van der Waals surface area (Å²) in [5.41, 5.74) is 2.60. The Morgan fingerprint density at radius 1 is 0.893 bits per heavy atom. The zero-order valence-corrected chi connectivity index (χ0v) is 15.9. The van der Waals surface area contributed by atoms with E-state index in [4.69, 9.17) is 21.0 Å². The van der Waals surface area contributed by atoms with Crippen molar-refractivity contribution in [3.8, 4) is 11.5 Å². The topological polar surface area (TPSA) is 58.3 Å². The molecular weight excluding hydrogens is 374 g/mol. The Morgan fingerprint density at radius 2 is 1.64 bits per heavy atom. The maximum absolute atomic E-state index is 6.33. The maximum atomic E-state index is 6.33. The summed E-state index contributed by atoms with van der Waals surface area (Å²) >= 11 is 6.33. The third-order valence-electron chi connectivity index (χ3n) is 4.98. The van der Waals surface area contributed by atoms with Gasteiger partial charge in [-0.05, 0) is 24.3 Å². The van der Waals surface area contributed by atoms with Crippen LogP contribution in [0, 0.1) is 0 Å². The minimum absolute atomic E-state index is 0.622. The molecule has 0 amide bonds. The van der Waals surface area contributed by atoms with Gasteiger partial charge in [-0.1, -0.05) is 41.9 Å².